The second-order valence-electron chi connectivity index (χ2n) is 6.81. The number of hydrogen-bond donors (Lipinski definition) is 0. The molecule has 0 saturated carbocycles. The first-order valence-electron chi connectivity index (χ1n) is 9.39. The van der Waals surface area contributed by atoms with Crippen LogP contribution in [0.15, 0.2) is 70.7 Å². The fourth-order valence-electron chi connectivity index (χ4n) is 3.36. The molecule has 0 aliphatic carbocycles. The Hall–Kier alpha value is -2.08. The first-order valence-corrected chi connectivity index (χ1v) is 11.8. The van der Waals surface area contributed by atoms with Crippen LogP contribution in [0.1, 0.15) is 34.5 Å². The fourth-order valence-corrected chi connectivity index (χ4v) is 4.99. The highest BCUT2D eigenvalue weighted by atomic mass is 35.5. The van der Waals surface area contributed by atoms with Crippen LogP contribution in [0.25, 0.3) is 11.1 Å². The number of carbonyl (C=O) groups is 1. The lowest BCUT2D eigenvalue weighted by Crippen LogP contribution is -2.11. The Balaban J connectivity index is 1.36. The molecule has 2 aromatic carbocycles. The second kappa shape index (κ2) is 9.16. The van der Waals surface area contributed by atoms with E-state index in [1.807, 2.05) is 0 Å². The summed E-state index contributed by atoms with van der Waals surface area (Å²) < 4.78 is 0.639. The first-order chi connectivity index (χ1) is 14.1. The average molecular weight is 442 g/mol. The van der Waals surface area contributed by atoms with Gasteiger partial charge in [0.1, 0.15) is 6.10 Å². The number of Topliss-reactive ketones (excluding diaryl/α,β-unsaturated/α-hetero) is 1. The first kappa shape index (κ1) is 20.2. The number of ketones is 1. The SMILES string of the molecule is CSc1ccccc1-c1ccc(C2=NOC(CCC(=O)c3ccc(Cl)s3)C2)cc1. The molecule has 0 bridgehead atoms. The van der Waals surface area contributed by atoms with E-state index in [9.17, 15) is 4.79 Å². The smallest absolute Gasteiger partial charge is 0.172 e. The molecule has 6 heteroatoms. The molecule has 1 aliphatic rings. The van der Waals surface area contributed by atoms with Crippen molar-refractivity contribution in [3.63, 3.8) is 0 Å². The summed E-state index contributed by atoms with van der Waals surface area (Å²) in [6, 6.07) is 20.4. The molecule has 1 unspecified atom stereocenters. The van der Waals surface area contributed by atoms with Gasteiger partial charge in [-0.15, -0.1) is 23.1 Å². The number of carbonyl (C=O) groups excluding carboxylic acids is 1. The van der Waals surface area contributed by atoms with Gasteiger partial charge >= 0.3 is 0 Å². The molecule has 1 aromatic heterocycles. The third-order valence-electron chi connectivity index (χ3n) is 4.91. The van der Waals surface area contributed by atoms with Crippen LogP contribution in [-0.2, 0) is 4.84 Å². The molecule has 148 valence electrons. The van der Waals surface area contributed by atoms with Gasteiger partial charge in [-0.05, 0) is 47.6 Å². The zero-order valence-electron chi connectivity index (χ0n) is 15.9. The van der Waals surface area contributed by atoms with E-state index in [0.717, 1.165) is 17.7 Å². The van der Waals surface area contributed by atoms with Gasteiger partial charge in [-0.2, -0.15) is 0 Å². The van der Waals surface area contributed by atoms with Gasteiger partial charge in [0.2, 0.25) is 0 Å². The van der Waals surface area contributed by atoms with Gasteiger partial charge in [-0.1, -0.05) is 59.2 Å². The van der Waals surface area contributed by atoms with Crippen molar-refractivity contribution in [3.05, 3.63) is 75.4 Å². The summed E-state index contributed by atoms with van der Waals surface area (Å²) in [5.74, 6) is 0.107. The number of benzene rings is 2. The number of thioether (sulfide) groups is 1. The predicted molar refractivity (Wildman–Crippen MR) is 123 cm³/mol. The van der Waals surface area contributed by atoms with Crippen LogP contribution in [0.4, 0.5) is 0 Å². The molecular weight excluding hydrogens is 422 g/mol. The van der Waals surface area contributed by atoms with E-state index >= 15 is 0 Å². The number of thiophene rings is 1. The van der Waals surface area contributed by atoms with Gasteiger partial charge in [0.15, 0.2) is 5.78 Å². The third kappa shape index (κ3) is 4.74. The summed E-state index contributed by atoms with van der Waals surface area (Å²) >= 11 is 8.98. The number of hydrogen-bond acceptors (Lipinski definition) is 5. The number of oxime groups is 1. The Morgan fingerprint density at radius 2 is 1.90 bits per heavy atom. The van der Waals surface area contributed by atoms with Crippen molar-refractivity contribution in [2.75, 3.05) is 6.26 Å². The lowest BCUT2D eigenvalue weighted by atomic mass is 9.98. The van der Waals surface area contributed by atoms with Crippen molar-refractivity contribution in [1.29, 1.82) is 0 Å². The van der Waals surface area contributed by atoms with Crippen LogP contribution in [-0.4, -0.2) is 23.9 Å². The Kier molecular flexibility index (Phi) is 6.38. The van der Waals surface area contributed by atoms with Crippen LogP contribution >= 0.6 is 34.7 Å². The van der Waals surface area contributed by atoms with Crippen molar-refractivity contribution in [2.24, 2.45) is 5.16 Å². The van der Waals surface area contributed by atoms with Gasteiger partial charge in [0, 0.05) is 17.7 Å². The summed E-state index contributed by atoms with van der Waals surface area (Å²) in [5, 5.41) is 4.26. The fraction of sp³-hybridized carbons (Fsp3) is 0.217. The Bertz CT molecular complexity index is 1040. The van der Waals surface area contributed by atoms with E-state index in [0.29, 0.717) is 22.1 Å². The normalized spacial score (nSPS) is 15.8. The minimum Gasteiger partial charge on any atom is -0.392 e. The minimum atomic E-state index is -0.0544. The quantitative estimate of drug-likeness (QED) is 0.294. The Labute approximate surface area is 183 Å². The van der Waals surface area contributed by atoms with Gasteiger partial charge in [0.05, 0.1) is 14.9 Å². The molecule has 3 nitrogen and oxygen atoms in total. The highest BCUT2D eigenvalue weighted by Gasteiger charge is 2.23. The van der Waals surface area contributed by atoms with E-state index in [1.54, 1.807) is 23.9 Å². The van der Waals surface area contributed by atoms with Crippen molar-refractivity contribution >= 4 is 46.2 Å². The molecule has 29 heavy (non-hydrogen) atoms. The second-order valence-corrected chi connectivity index (χ2v) is 9.38. The number of halogens is 1. The van der Waals surface area contributed by atoms with E-state index in [1.165, 1.54) is 27.4 Å². The molecule has 0 radical (unpaired) electrons. The van der Waals surface area contributed by atoms with Crippen molar-refractivity contribution < 1.29 is 9.63 Å². The van der Waals surface area contributed by atoms with Crippen LogP contribution in [0.3, 0.4) is 0 Å². The molecular formula is C23H20ClNO2S2. The summed E-state index contributed by atoms with van der Waals surface area (Å²) in [7, 11) is 0. The highest BCUT2D eigenvalue weighted by Crippen LogP contribution is 2.31. The van der Waals surface area contributed by atoms with Crippen LogP contribution in [0, 0.1) is 0 Å². The summed E-state index contributed by atoms with van der Waals surface area (Å²) in [6.45, 7) is 0. The molecule has 0 spiro atoms. The summed E-state index contributed by atoms with van der Waals surface area (Å²) in [5.41, 5.74) is 4.43. The lowest BCUT2D eigenvalue weighted by molar-refractivity contribution is 0.0720. The molecule has 4 rings (SSSR count). The molecule has 0 amide bonds. The maximum Gasteiger partial charge on any atom is 0.172 e. The van der Waals surface area contributed by atoms with Crippen molar-refractivity contribution in [3.8, 4) is 11.1 Å². The molecule has 1 atom stereocenters. The monoisotopic (exact) mass is 441 g/mol. The van der Waals surface area contributed by atoms with Crippen LogP contribution in [0.2, 0.25) is 4.34 Å². The lowest BCUT2D eigenvalue weighted by Gasteiger charge is -2.08. The number of rotatable bonds is 7. The van der Waals surface area contributed by atoms with E-state index in [4.69, 9.17) is 16.4 Å². The van der Waals surface area contributed by atoms with E-state index in [-0.39, 0.29) is 11.9 Å². The predicted octanol–water partition coefficient (Wildman–Crippen LogP) is 6.95. The molecule has 0 N–H and O–H groups in total. The molecule has 1 aliphatic heterocycles. The number of nitrogens with zero attached hydrogens (tertiary/aromatic N) is 1. The summed E-state index contributed by atoms with van der Waals surface area (Å²) in [6.07, 6.45) is 3.85. The third-order valence-corrected chi connectivity index (χ3v) is 6.98. The van der Waals surface area contributed by atoms with E-state index < -0.39 is 0 Å². The maximum atomic E-state index is 12.2. The Morgan fingerprint density at radius 3 is 2.62 bits per heavy atom. The van der Waals surface area contributed by atoms with Crippen molar-refractivity contribution in [1.82, 2.24) is 0 Å². The van der Waals surface area contributed by atoms with Crippen molar-refractivity contribution in [2.45, 2.75) is 30.3 Å². The molecule has 3 aromatic rings. The largest absolute Gasteiger partial charge is 0.392 e. The van der Waals surface area contributed by atoms with Crippen LogP contribution < -0.4 is 0 Å². The Morgan fingerprint density at radius 1 is 1.14 bits per heavy atom. The maximum absolute atomic E-state index is 12.2. The van der Waals surface area contributed by atoms with Crippen LogP contribution in [0.5, 0.6) is 0 Å². The summed E-state index contributed by atoms with van der Waals surface area (Å²) in [4.78, 5) is 19.8. The van der Waals surface area contributed by atoms with Gasteiger partial charge < -0.3 is 4.84 Å². The standard InChI is InChI=1S/C23H20ClNO2S2/c1-28-21-5-3-2-4-18(21)15-6-8-16(9-7-15)19-14-17(27-25-19)10-11-20(26)22-12-13-23(24)29-22/h2-9,12-13,17H,10-11,14H2,1H3. The van der Waals surface area contributed by atoms with Gasteiger partial charge in [-0.25, -0.2) is 0 Å². The molecule has 2 heterocycles. The molecule has 0 saturated heterocycles. The van der Waals surface area contributed by atoms with Gasteiger partial charge in [-0.3, -0.25) is 4.79 Å². The van der Waals surface area contributed by atoms with E-state index in [2.05, 4.69) is 59.9 Å². The average Bonchev–Trinajstić information content (AvgIpc) is 3.41. The van der Waals surface area contributed by atoms with Gasteiger partial charge in [0.25, 0.3) is 0 Å². The topological polar surface area (TPSA) is 38.7 Å². The minimum absolute atomic E-state index is 0.0544. The zero-order chi connectivity index (χ0) is 20.2. The molecule has 0 fully saturated rings. The zero-order valence-corrected chi connectivity index (χ0v) is 18.3. The highest BCUT2D eigenvalue weighted by molar-refractivity contribution is 7.98.